The fraction of sp³-hybridized carbons (Fsp3) is 0.632. The Morgan fingerprint density at radius 3 is 3.00 bits per heavy atom. The van der Waals surface area contributed by atoms with E-state index in [1.807, 2.05) is 24.9 Å². The van der Waals surface area contributed by atoms with Gasteiger partial charge in [0.2, 0.25) is 0 Å². The average molecular weight is 365 g/mol. The van der Waals surface area contributed by atoms with Crippen molar-refractivity contribution >= 4 is 23.4 Å². The number of hydrogen-bond acceptors (Lipinski definition) is 4. The molecule has 25 heavy (non-hydrogen) atoms. The van der Waals surface area contributed by atoms with Crippen molar-refractivity contribution < 1.29 is 4.74 Å². The van der Waals surface area contributed by atoms with Crippen molar-refractivity contribution in [1.29, 1.82) is 0 Å². The van der Waals surface area contributed by atoms with Gasteiger partial charge in [0, 0.05) is 45.0 Å². The highest BCUT2D eigenvalue weighted by Crippen LogP contribution is 2.26. The lowest BCUT2D eigenvalue weighted by Gasteiger charge is -2.20. The van der Waals surface area contributed by atoms with Crippen LogP contribution in [0.3, 0.4) is 0 Å². The number of unbranched alkanes of at least 4 members (excludes halogenated alkanes) is 1. The monoisotopic (exact) mass is 364 g/mol. The molecule has 0 saturated carbocycles. The van der Waals surface area contributed by atoms with Crippen molar-refractivity contribution in [3.8, 4) is 5.75 Å². The minimum atomic E-state index is 0.640. The number of anilines is 1. The van der Waals surface area contributed by atoms with Crippen LogP contribution in [0.2, 0.25) is 0 Å². The molecule has 1 aromatic carbocycles. The Hall–Kier alpha value is -1.56. The van der Waals surface area contributed by atoms with E-state index in [0.717, 1.165) is 37.9 Å². The van der Waals surface area contributed by atoms with Crippen LogP contribution < -0.4 is 20.3 Å². The molecule has 1 aliphatic rings. The van der Waals surface area contributed by atoms with Crippen molar-refractivity contribution in [3.05, 3.63) is 24.3 Å². The summed E-state index contributed by atoms with van der Waals surface area (Å²) in [5.74, 6) is 3.71. The number of benzene rings is 1. The number of methoxy groups -OCH3 is 1. The molecule has 1 saturated heterocycles. The van der Waals surface area contributed by atoms with E-state index >= 15 is 0 Å². The molecule has 5 nitrogen and oxygen atoms in total. The number of hydrogen-bond donors (Lipinski definition) is 2. The van der Waals surface area contributed by atoms with Gasteiger partial charge in [0.1, 0.15) is 5.75 Å². The van der Waals surface area contributed by atoms with Crippen LogP contribution >= 0.6 is 11.8 Å². The summed E-state index contributed by atoms with van der Waals surface area (Å²) in [6, 6.07) is 8.33. The second-order valence-corrected chi connectivity index (χ2v) is 7.37. The average Bonchev–Trinajstić information content (AvgIpc) is 3.13. The summed E-state index contributed by atoms with van der Waals surface area (Å²) in [5, 5.41) is 6.89. The SMILES string of the molecule is CN=C(NCCCCSC)NCC1CCN(c2cccc(OC)c2)C1. The number of thioether (sulfide) groups is 1. The maximum absolute atomic E-state index is 5.33. The van der Waals surface area contributed by atoms with E-state index in [4.69, 9.17) is 4.74 Å². The summed E-state index contributed by atoms with van der Waals surface area (Å²) < 4.78 is 5.33. The molecule has 140 valence electrons. The number of nitrogens with one attached hydrogen (secondary N) is 2. The first-order chi connectivity index (χ1) is 12.3. The molecular formula is C19H32N4OS. The van der Waals surface area contributed by atoms with Gasteiger partial charge in [-0.1, -0.05) is 6.07 Å². The Labute approximate surface area is 156 Å². The molecule has 0 amide bonds. The van der Waals surface area contributed by atoms with Gasteiger partial charge in [0.25, 0.3) is 0 Å². The van der Waals surface area contributed by atoms with Gasteiger partial charge in [0.15, 0.2) is 5.96 Å². The Kier molecular flexibility index (Phi) is 8.80. The Balaban J connectivity index is 1.71. The van der Waals surface area contributed by atoms with Crippen molar-refractivity contribution in [3.63, 3.8) is 0 Å². The number of nitrogens with zero attached hydrogens (tertiary/aromatic N) is 2. The quantitative estimate of drug-likeness (QED) is 0.401. The summed E-state index contributed by atoms with van der Waals surface area (Å²) in [6.45, 7) is 4.12. The molecule has 1 unspecified atom stereocenters. The summed E-state index contributed by atoms with van der Waals surface area (Å²) in [7, 11) is 3.56. The predicted octanol–water partition coefficient (Wildman–Crippen LogP) is 2.83. The molecule has 1 fully saturated rings. The van der Waals surface area contributed by atoms with Crippen LogP contribution in [0.15, 0.2) is 29.3 Å². The minimum absolute atomic E-state index is 0.640. The number of aliphatic imine (C=N–C) groups is 1. The first kappa shape index (κ1) is 19.8. The normalized spacial score (nSPS) is 17.6. The maximum atomic E-state index is 5.33. The molecule has 1 heterocycles. The largest absolute Gasteiger partial charge is 0.497 e. The maximum Gasteiger partial charge on any atom is 0.190 e. The third kappa shape index (κ3) is 6.69. The zero-order valence-corrected chi connectivity index (χ0v) is 16.6. The van der Waals surface area contributed by atoms with E-state index in [-0.39, 0.29) is 0 Å². The van der Waals surface area contributed by atoms with E-state index in [0.29, 0.717) is 5.92 Å². The van der Waals surface area contributed by atoms with Gasteiger partial charge < -0.3 is 20.3 Å². The fourth-order valence-corrected chi connectivity index (χ4v) is 3.57. The summed E-state index contributed by atoms with van der Waals surface area (Å²) in [4.78, 5) is 6.76. The van der Waals surface area contributed by atoms with Gasteiger partial charge in [-0.2, -0.15) is 11.8 Å². The lowest BCUT2D eigenvalue weighted by atomic mass is 10.1. The zero-order chi connectivity index (χ0) is 17.9. The number of ether oxygens (including phenoxy) is 1. The predicted molar refractivity (Wildman–Crippen MR) is 110 cm³/mol. The van der Waals surface area contributed by atoms with Gasteiger partial charge in [-0.05, 0) is 49.3 Å². The van der Waals surface area contributed by atoms with E-state index in [9.17, 15) is 0 Å². The molecule has 0 aliphatic carbocycles. The van der Waals surface area contributed by atoms with E-state index in [1.165, 1.54) is 30.7 Å². The van der Waals surface area contributed by atoms with Crippen LogP contribution in [0.1, 0.15) is 19.3 Å². The molecule has 0 radical (unpaired) electrons. The Bertz CT molecular complexity index is 538. The molecule has 0 aromatic heterocycles. The van der Waals surface area contributed by atoms with Crippen molar-refractivity contribution in [1.82, 2.24) is 10.6 Å². The highest BCUT2D eigenvalue weighted by molar-refractivity contribution is 7.98. The second-order valence-electron chi connectivity index (χ2n) is 6.38. The Morgan fingerprint density at radius 2 is 2.24 bits per heavy atom. The summed E-state index contributed by atoms with van der Waals surface area (Å²) in [6.07, 6.45) is 5.80. The second kappa shape index (κ2) is 11.1. The highest BCUT2D eigenvalue weighted by Gasteiger charge is 2.23. The van der Waals surface area contributed by atoms with Gasteiger partial charge in [-0.15, -0.1) is 0 Å². The van der Waals surface area contributed by atoms with E-state index < -0.39 is 0 Å². The van der Waals surface area contributed by atoms with Gasteiger partial charge in [-0.25, -0.2) is 0 Å². The third-order valence-electron chi connectivity index (χ3n) is 4.55. The topological polar surface area (TPSA) is 48.9 Å². The first-order valence-electron chi connectivity index (χ1n) is 9.09. The molecule has 0 bridgehead atoms. The van der Waals surface area contributed by atoms with Crippen LogP contribution in [0.5, 0.6) is 5.75 Å². The fourth-order valence-electron chi connectivity index (χ4n) is 3.08. The lowest BCUT2D eigenvalue weighted by Crippen LogP contribution is -2.40. The van der Waals surface area contributed by atoms with Crippen molar-refractivity contribution in [2.75, 3.05) is 57.2 Å². The van der Waals surface area contributed by atoms with Gasteiger partial charge >= 0.3 is 0 Å². The van der Waals surface area contributed by atoms with Crippen LogP contribution in [-0.2, 0) is 0 Å². The van der Waals surface area contributed by atoms with E-state index in [1.54, 1.807) is 7.11 Å². The van der Waals surface area contributed by atoms with Gasteiger partial charge in [-0.3, -0.25) is 4.99 Å². The lowest BCUT2D eigenvalue weighted by molar-refractivity contribution is 0.415. The number of guanidine groups is 1. The Morgan fingerprint density at radius 1 is 1.36 bits per heavy atom. The van der Waals surface area contributed by atoms with Crippen molar-refractivity contribution in [2.24, 2.45) is 10.9 Å². The molecule has 2 N–H and O–H groups in total. The van der Waals surface area contributed by atoms with Crippen LogP contribution in [0.4, 0.5) is 5.69 Å². The molecule has 1 aliphatic heterocycles. The molecule has 2 rings (SSSR count). The van der Waals surface area contributed by atoms with Gasteiger partial charge in [0.05, 0.1) is 7.11 Å². The summed E-state index contributed by atoms with van der Waals surface area (Å²) in [5.41, 5.74) is 1.25. The molecule has 6 heteroatoms. The highest BCUT2D eigenvalue weighted by atomic mass is 32.2. The van der Waals surface area contributed by atoms with Crippen molar-refractivity contribution in [2.45, 2.75) is 19.3 Å². The molecule has 0 spiro atoms. The standard InChI is InChI=1S/C19H32N4OS/c1-20-19(21-10-4-5-12-25-3)22-14-16-9-11-23(15-16)17-7-6-8-18(13-17)24-2/h6-8,13,16H,4-5,9-12,14-15H2,1-3H3,(H2,20,21,22). The van der Waals surface area contributed by atoms with Crippen LogP contribution in [0, 0.1) is 5.92 Å². The number of rotatable bonds is 9. The minimum Gasteiger partial charge on any atom is -0.497 e. The zero-order valence-electron chi connectivity index (χ0n) is 15.8. The van der Waals surface area contributed by atoms with E-state index in [2.05, 4.69) is 45.0 Å². The smallest absolute Gasteiger partial charge is 0.190 e. The van der Waals surface area contributed by atoms with Crippen LogP contribution in [0.25, 0.3) is 0 Å². The first-order valence-corrected chi connectivity index (χ1v) is 10.5. The molecule has 1 atom stereocenters. The molecular weight excluding hydrogens is 332 g/mol. The molecule has 1 aromatic rings. The summed E-state index contributed by atoms with van der Waals surface area (Å²) >= 11 is 1.91. The van der Waals surface area contributed by atoms with Crippen LogP contribution in [-0.4, -0.2) is 58.3 Å². The third-order valence-corrected chi connectivity index (χ3v) is 5.25.